The molecule has 0 aliphatic carbocycles. The minimum absolute atomic E-state index is 0.0140. The smallest absolute Gasteiger partial charge is 0.244 e. The van der Waals surface area contributed by atoms with Crippen LogP contribution in [0.1, 0.15) is 12.8 Å². The lowest BCUT2D eigenvalue weighted by atomic mass is 10.1. The van der Waals surface area contributed by atoms with E-state index in [-0.39, 0.29) is 29.2 Å². The summed E-state index contributed by atoms with van der Waals surface area (Å²) < 4.78 is 32.0. The molecule has 0 unspecified atom stereocenters. The van der Waals surface area contributed by atoms with Crippen molar-refractivity contribution in [3.8, 4) is 0 Å². The zero-order chi connectivity index (χ0) is 15.5. The van der Waals surface area contributed by atoms with E-state index in [1.54, 1.807) is 6.07 Å². The number of nitrogen functional groups attached to an aromatic ring is 1. The Morgan fingerprint density at radius 3 is 2.67 bits per heavy atom. The number of hydrogen-bond acceptors (Lipinski definition) is 5. The maximum Gasteiger partial charge on any atom is 0.244 e. The van der Waals surface area contributed by atoms with E-state index in [0.29, 0.717) is 31.6 Å². The number of benzene rings is 1. The van der Waals surface area contributed by atoms with E-state index in [2.05, 4.69) is 0 Å². The summed E-state index contributed by atoms with van der Waals surface area (Å²) in [5, 5.41) is 8.89. The van der Waals surface area contributed by atoms with Gasteiger partial charge in [0.2, 0.25) is 10.0 Å². The molecule has 1 aromatic carbocycles. The highest BCUT2D eigenvalue weighted by atomic mass is 35.5. The molecular weight excluding hydrogens is 316 g/mol. The lowest BCUT2D eigenvalue weighted by Gasteiger charge is -2.31. The first kappa shape index (κ1) is 16.5. The second kappa shape index (κ2) is 6.93. The molecule has 1 fully saturated rings. The van der Waals surface area contributed by atoms with Gasteiger partial charge in [0.05, 0.1) is 24.3 Å². The molecule has 0 saturated carbocycles. The van der Waals surface area contributed by atoms with Crippen LogP contribution >= 0.6 is 11.6 Å². The predicted octanol–water partition coefficient (Wildman–Crippen LogP) is 1.08. The quantitative estimate of drug-likeness (QED) is 0.786. The van der Waals surface area contributed by atoms with Crippen molar-refractivity contribution in [3.05, 3.63) is 23.2 Å². The van der Waals surface area contributed by atoms with E-state index in [0.717, 1.165) is 0 Å². The highest BCUT2D eigenvalue weighted by molar-refractivity contribution is 7.89. The maximum absolute atomic E-state index is 12.6. The van der Waals surface area contributed by atoms with Crippen LogP contribution in [-0.4, -0.2) is 50.2 Å². The van der Waals surface area contributed by atoms with E-state index in [9.17, 15) is 8.42 Å². The van der Waals surface area contributed by atoms with Gasteiger partial charge >= 0.3 is 0 Å². The van der Waals surface area contributed by atoms with E-state index in [1.165, 1.54) is 16.4 Å². The summed E-state index contributed by atoms with van der Waals surface area (Å²) in [5.41, 5.74) is 6.01. The lowest BCUT2D eigenvalue weighted by molar-refractivity contribution is 0.00318. The van der Waals surface area contributed by atoms with Crippen LogP contribution in [0.25, 0.3) is 0 Å². The van der Waals surface area contributed by atoms with Gasteiger partial charge in [0.1, 0.15) is 4.90 Å². The molecule has 1 aliphatic rings. The van der Waals surface area contributed by atoms with Crippen LogP contribution in [0, 0.1) is 0 Å². The minimum Gasteiger partial charge on any atom is -0.399 e. The van der Waals surface area contributed by atoms with Crippen molar-refractivity contribution >= 4 is 27.3 Å². The van der Waals surface area contributed by atoms with Crippen molar-refractivity contribution < 1.29 is 18.3 Å². The van der Waals surface area contributed by atoms with Crippen molar-refractivity contribution in [2.24, 2.45) is 0 Å². The third kappa shape index (κ3) is 3.87. The fraction of sp³-hybridized carbons (Fsp3) is 0.538. The summed E-state index contributed by atoms with van der Waals surface area (Å²) in [4.78, 5) is 0.0406. The molecule has 8 heteroatoms. The molecule has 1 heterocycles. The predicted molar refractivity (Wildman–Crippen MR) is 80.7 cm³/mol. The Hall–Kier alpha value is -0.860. The van der Waals surface area contributed by atoms with Crippen molar-refractivity contribution in [2.75, 3.05) is 32.0 Å². The first-order chi connectivity index (χ1) is 9.95. The van der Waals surface area contributed by atoms with Crippen LogP contribution < -0.4 is 5.73 Å². The number of halogens is 1. The molecule has 0 spiro atoms. The van der Waals surface area contributed by atoms with E-state index in [4.69, 9.17) is 27.2 Å². The van der Waals surface area contributed by atoms with Gasteiger partial charge < -0.3 is 15.6 Å². The van der Waals surface area contributed by atoms with Gasteiger partial charge in [-0.15, -0.1) is 0 Å². The zero-order valence-electron chi connectivity index (χ0n) is 11.5. The number of anilines is 1. The summed E-state index contributed by atoms with van der Waals surface area (Å²) in [7, 11) is -3.64. The van der Waals surface area contributed by atoms with Gasteiger partial charge in [0, 0.05) is 18.8 Å². The summed E-state index contributed by atoms with van der Waals surface area (Å²) >= 11 is 5.98. The molecule has 3 N–H and O–H groups in total. The number of ether oxygens (including phenoxy) is 1. The molecule has 0 aromatic heterocycles. The molecule has 2 rings (SSSR count). The SMILES string of the molecule is Nc1ccc(Cl)c(S(=O)(=O)N2CCC(OCCO)CC2)c1. The van der Waals surface area contributed by atoms with E-state index < -0.39 is 10.0 Å². The second-order valence-electron chi connectivity index (χ2n) is 4.89. The van der Waals surface area contributed by atoms with Crippen molar-refractivity contribution in [2.45, 2.75) is 23.8 Å². The van der Waals surface area contributed by atoms with Gasteiger partial charge in [0.25, 0.3) is 0 Å². The highest BCUT2D eigenvalue weighted by Gasteiger charge is 2.31. The monoisotopic (exact) mass is 334 g/mol. The third-order valence-corrected chi connectivity index (χ3v) is 5.80. The Balaban J connectivity index is 2.10. The summed E-state index contributed by atoms with van der Waals surface area (Å²) in [6.45, 7) is 0.975. The average molecular weight is 335 g/mol. The van der Waals surface area contributed by atoms with Crippen LogP contribution in [-0.2, 0) is 14.8 Å². The first-order valence-electron chi connectivity index (χ1n) is 6.73. The van der Waals surface area contributed by atoms with Gasteiger partial charge in [0.15, 0.2) is 0 Å². The van der Waals surface area contributed by atoms with Crippen molar-refractivity contribution in [1.29, 1.82) is 0 Å². The second-order valence-corrected chi connectivity index (χ2v) is 7.20. The van der Waals surface area contributed by atoms with Gasteiger partial charge in [-0.1, -0.05) is 11.6 Å². The van der Waals surface area contributed by atoms with Gasteiger partial charge in [-0.2, -0.15) is 4.31 Å². The number of nitrogens with zero attached hydrogens (tertiary/aromatic N) is 1. The van der Waals surface area contributed by atoms with Crippen LogP contribution in [0.4, 0.5) is 5.69 Å². The Morgan fingerprint density at radius 1 is 1.38 bits per heavy atom. The standard InChI is InChI=1S/C13H19ClN2O4S/c14-12-2-1-10(15)9-13(12)21(18,19)16-5-3-11(4-6-16)20-8-7-17/h1-2,9,11,17H,3-8,15H2. The Bertz CT molecular complexity index is 586. The van der Waals surface area contributed by atoms with E-state index in [1.807, 2.05) is 0 Å². The largest absolute Gasteiger partial charge is 0.399 e. The minimum atomic E-state index is -3.64. The maximum atomic E-state index is 12.6. The number of aliphatic hydroxyl groups is 1. The van der Waals surface area contributed by atoms with Crippen molar-refractivity contribution in [1.82, 2.24) is 4.31 Å². The number of nitrogens with two attached hydrogens (primary N) is 1. The van der Waals surface area contributed by atoms with Crippen LogP contribution in [0.3, 0.4) is 0 Å². The highest BCUT2D eigenvalue weighted by Crippen LogP contribution is 2.28. The Kier molecular flexibility index (Phi) is 5.45. The number of hydrogen-bond donors (Lipinski definition) is 2. The Labute approximate surface area is 129 Å². The molecule has 6 nitrogen and oxygen atoms in total. The molecule has 0 atom stereocenters. The molecule has 0 radical (unpaired) electrons. The molecule has 1 aliphatic heterocycles. The summed E-state index contributed by atoms with van der Waals surface area (Å²) in [5.74, 6) is 0. The van der Waals surface area contributed by atoms with Gasteiger partial charge in [-0.25, -0.2) is 8.42 Å². The molecule has 21 heavy (non-hydrogen) atoms. The third-order valence-electron chi connectivity index (χ3n) is 3.42. The fourth-order valence-corrected chi connectivity index (χ4v) is 4.29. The number of piperidine rings is 1. The van der Waals surface area contributed by atoms with Gasteiger partial charge in [-0.3, -0.25) is 0 Å². The molecule has 118 valence electrons. The lowest BCUT2D eigenvalue weighted by Crippen LogP contribution is -2.41. The molecule has 1 aromatic rings. The topological polar surface area (TPSA) is 92.9 Å². The number of rotatable bonds is 5. The van der Waals surface area contributed by atoms with Crippen LogP contribution in [0.2, 0.25) is 5.02 Å². The summed E-state index contributed by atoms with van der Waals surface area (Å²) in [6.07, 6.45) is 1.18. The fourth-order valence-electron chi connectivity index (χ4n) is 2.32. The van der Waals surface area contributed by atoms with Crippen LogP contribution in [0.15, 0.2) is 23.1 Å². The number of sulfonamides is 1. The molecule has 0 bridgehead atoms. The molecular formula is C13H19ClN2O4S. The molecule has 1 saturated heterocycles. The first-order valence-corrected chi connectivity index (χ1v) is 8.54. The van der Waals surface area contributed by atoms with Gasteiger partial charge in [-0.05, 0) is 31.0 Å². The van der Waals surface area contributed by atoms with E-state index >= 15 is 0 Å². The Morgan fingerprint density at radius 2 is 2.05 bits per heavy atom. The normalized spacial score (nSPS) is 18.0. The van der Waals surface area contributed by atoms with Crippen molar-refractivity contribution in [3.63, 3.8) is 0 Å². The summed E-state index contributed by atoms with van der Waals surface area (Å²) in [6, 6.07) is 4.43. The zero-order valence-corrected chi connectivity index (χ0v) is 13.1. The van der Waals surface area contributed by atoms with Crippen LogP contribution in [0.5, 0.6) is 0 Å². The number of aliphatic hydroxyl groups excluding tert-OH is 1. The average Bonchev–Trinajstić information content (AvgIpc) is 2.48. The molecule has 0 amide bonds.